The number of amides is 2. The lowest BCUT2D eigenvalue weighted by Crippen LogP contribution is -2.46. The fourth-order valence-corrected chi connectivity index (χ4v) is 2.88. The van der Waals surface area contributed by atoms with Gasteiger partial charge in [0.1, 0.15) is 17.5 Å². The van der Waals surface area contributed by atoms with Gasteiger partial charge in [-0.25, -0.2) is 4.79 Å². The topological polar surface area (TPSA) is 140 Å². The molecule has 1 atom stereocenters. The van der Waals surface area contributed by atoms with E-state index >= 15 is 0 Å². The molecule has 2 aromatic carbocycles. The molecule has 0 unspecified atom stereocenters. The van der Waals surface area contributed by atoms with Crippen molar-refractivity contribution < 1.29 is 29.0 Å². The molecule has 0 saturated carbocycles. The second-order valence-electron chi connectivity index (χ2n) is 6.51. The third-order valence-electron chi connectivity index (χ3n) is 4.40. The Morgan fingerprint density at radius 3 is 2.47 bits per heavy atom. The first-order valence-corrected chi connectivity index (χ1v) is 9.14. The lowest BCUT2D eigenvalue weighted by atomic mass is 10.0. The third kappa shape index (κ3) is 5.48. The Balaban J connectivity index is 2.20. The number of aryl methyl sites for hydroxylation is 1. The summed E-state index contributed by atoms with van der Waals surface area (Å²) in [6.45, 7) is 1.74. The number of nitrogens with one attached hydrogen (secondary N) is 2. The SMILES string of the molecule is COC(=O)[C@H](CN)NC(=O)c1c(C)cc(C(=O)NCc2cccc(O)c2)cc1OC. The monoisotopic (exact) mass is 415 g/mol. The van der Waals surface area contributed by atoms with Crippen LogP contribution in [0.4, 0.5) is 0 Å². The van der Waals surface area contributed by atoms with Crippen LogP contribution in [0, 0.1) is 6.92 Å². The summed E-state index contributed by atoms with van der Waals surface area (Å²) in [4.78, 5) is 36.9. The number of methoxy groups -OCH3 is 2. The molecule has 9 heteroatoms. The van der Waals surface area contributed by atoms with Crippen molar-refractivity contribution in [2.75, 3.05) is 20.8 Å². The van der Waals surface area contributed by atoms with Gasteiger partial charge in [0.05, 0.1) is 19.8 Å². The van der Waals surface area contributed by atoms with Gasteiger partial charge in [0, 0.05) is 18.7 Å². The van der Waals surface area contributed by atoms with E-state index in [1.165, 1.54) is 20.3 Å². The van der Waals surface area contributed by atoms with Crippen LogP contribution in [0.1, 0.15) is 31.8 Å². The van der Waals surface area contributed by atoms with Gasteiger partial charge in [-0.1, -0.05) is 12.1 Å². The van der Waals surface area contributed by atoms with Crippen molar-refractivity contribution in [3.8, 4) is 11.5 Å². The van der Waals surface area contributed by atoms with Gasteiger partial charge in [-0.2, -0.15) is 0 Å². The Morgan fingerprint density at radius 2 is 1.87 bits per heavy atom. The van der Waals surface area contributed by atoms with E-state index in [2.05, 4.69) is 15.4 Å². The summed E-state index contributed by atoms with van der Waals surface area (Å²) in [5.41, 5.74) is 7.22. The van der Waals surface area contributed by atoms with Crippen molar-refractivity contribution in [2.24, 2.45) is 5.73 Å². The average Bonchev–Trinajstić information content (AvgIpc) is 2.74. The van der Waals surface area contributed by atoms with Crippen LogP contribution in [0.5, 0.6) is 11.5 Å². The third-order valence-corrected chi connectivity index (χ3v) is 4.40. The number of aromatic hydroxyl groups is 1. The van der Waals surface area contributed by atoms with Gasteiger partial charge in [0.2, 0.25) is 0 Å². The van der Waals surface area contributed by atoms with Crippen molar-refractivity contribution in [3.05, 3.63) is 58.7 Å². The summed E-state index contributed by atoms with van der Waals surface area (Å²) in [6.07, 6.45) is 0. The second-order valence-corrected chi connectivity index (χ2v) is 6.51. The predicted molar refractivity (Wildman–Crippen MR) is 109 cm³/mol. The Bertz CT molecular complexity index is 944. The van der Waals surface area contributed by atoms with Crippen molar-refractivity contribution in [2.45, 2.75) is 19.5 Å². The number of phenols is 1. The quantitative estimate of drug-likeness (QED) is 0.469. The number of benzene rings is 2. The first kappa shape index (κ1) is 22.7. The lowest BCUT2D eigenvalue weighted by molar-refractivity contribution is -0.142. The molecular formula is C21H25N3O6. The summed E-state index contributed by atoms with van der Waals surface area (Å²) in [6, 6.07) is 8.53. The molecule has 0 heterocycles. The molecule has 0 bridgehead atoms. The van der Waals surface area contributed by atoms with Gasteiger partial charge in [-0.15, -0.1) is 0 Å². The first-order chi connectivity index (χ1) is 14.3. The minimum atomic E-state index is -1.00. The van der Waals surface area contributed by atoms with Crippen molar-refractivity contribution in [1.29, 1.82) is 0 Å². The van der Waals surface area contributed by atoms with Crippen LogP contribution in [0.2, 0.25) is 0 Å². The smallest absolute Gasteiger partial charge is 0.329 e. The van der Waals surface area contributed by atoms with Crippen LogP contribution >= 0.6 is 0 Å². The maximum Gasteiger partial charge on any atom is 0.329 e. The van der Waals surface area contributed by atoms with Gasteiger partial charge in [-0.3, -0.25) is 9.59 Å². The average molecular weight is 415 g/mol. The number of esters is 1. The van der Waals surface area contributed by atoms with E-state index < -0.39 is 17.9 Å². The molecule has 0 radical (unpaired) electrons. The molecule has 160 valence electrons. The zero-order valence-electron chi connectivity index (χ0n) is 17.0. The summed E-state index contributed by atoms with van der Waals surface area (Å²) < 4.78 is 9.91. The number of nitrogens with two attached hydrogens (primary N) is 1. The minimum absolute atomic E-state index is 0.109. The van der Waals surface area contributed by atoms with Gasteiger partial charge in [-0.05, 0) is 42.3 Å². The predicted octanol–water partition coefficient (Wildman–Crippen LogP) is 0.869. The molecule has 0 aliphatic carbocycles. The minimum Gasteiger partial charge on any atom is -0.508 e. The maximum absolute atomic E-state index is 12.7. The highest BCUT2D eigenvalue weighted by atomic mass is 16.5. The van der Waals surface area contributed by atoms with Crippen LogP contribution in [0.25, 0.3) is 0 Å². The summed E-state index contributed by atoms with van der Waals surface area (Å²) >= 11 is 0. The zero-order valence-corrected chi connectivity index (χ0v) is 17.0. The number of carbonyl (C=O) groups is 3. The normalized spacial score (nSPS) is 11.3. The molecule has 0 aromatic heterocycles. The van der Waals surface area contributed by atoms with E-state index in [0.717, 1.165) is 5.56 Å². The highest BCUT2D eigenvalue weighted by Gasteiger charge is 2.24. The highest BCUT2D eigenvalue weighted by Crippen LogP contribution is 2.25. The molecule has 5 N–H and O–H groups in total. The number of hydrogen-bond donors (Lipinski definition) is 4. The molecule has 9 nitrogen and oxygen atoms in total. The second kappa shape index (κ2) is 10.3. The zero-order chi connectivity index (χ0) is 22.3. The van der Waals surface area contributed by atoms with Crippen LogP contribution in [-0.4, -0.2) is 49.7 Å². The van der Waals surface area contributed by atoms with Crippen LogP contribution in [0.15, 0.2) is 36.4 Å². The van der Waals surface area contributed by atoms with Gasteiger partial charge in [0.25, 0.3) is 11.8 Å². The highest BCUT2D eigenvalue weighted by molar-refractivity contribution is 6.02. The molecule has 0 aliphatic rings. The van der Waals surface area contributed by atoms with E-state index in [4.69, 9.17) is 10.5 Å². The number of ether oxygens (including phenoxy) is 2. The van der Waals surface area contributed by atoms with Gasteiger partial charge >= 0.3 is 5.97 Å². The van der Waals surface area contributed by atoms with Gasteiger partial charge < -0.3 is 30.9 Å². The number of carbonyl (C=O) groups excluding carboxylic acids is 3. The van der Waals surface area contributed by atoms with E-state index in [-0.39, 0.29) is 36.1 Å². The summed E-state index contributed by atoms with van der Waals surface area (Å²) in [5.74, 6) is -1.32. The standard InChI is InChI=1S/C21H25N3O6/c1-12-7-14(19(26)23-11-13-5-4-6-15(25)8-13)9-17(29-2)18(12)20(27)24-16(10-22)21(28)30-3/h4-9,16,25H,10-11,22H2,1-3H3,(H,23,26)(H,24,27)/t16-/m0/s1. The fourth-order valence-electron chi connectivity index (χ4n) is 2.88. The molecule has 0 saturated heterocycles. The van der Waals surface area contributed by atoms with Crippen molar-refractivity contribution in [1.82, 2.24) is 10.6 Å². The first-order valence-electron chi connectivity index (χ1n) is 9.14. The van der Waals surface area contributed by atoms with E-state index in [0.29, 0.717) is 11.1 Å². The molecule has 0 aliphatic heterocycles. The largest absolute Gasteiger partial charge is 0.508 e. The molecule has 2 rings (SSSR count). The number of phenolic OH excluding ortho intramolecular Hbond substituents is 1. The Labute approximate surface area is 174 Å². The number of hydrogen-bond acceptors (Lipinski definition) is 7. The van der Waals surface area contributed by atoms with Crippen LogP contribution in [-0.2, 0) is 16.1 Å². The molecular weight excluding hydrogens is 390 g/mol. The van der Waals surface area contributed by atoms with Crippen LogP contribution < -0.4 is 21.1 Å². The van der Waals surface area contributed by atoms with Crippen molar-refractivity contribution >= 4 is 17.8 Å². The fraction of sp³-hybridized carbons (Fsp3) is 0.286. The summed E-state index contributed by atoms with van der Waals surface area (Å²) in [7, 11) is 2.58. The lowest BCUT2D eigenvalue weighted by Gasteiger charge is -2.18. The Morgan fingerprint density at radius 1 is 1.13 bits per heavy atom. The van der Waals surface area contributed by atoms with E-state index in [9.17, 15) is 19.5 Å². The van der Waals surface area contributed by atoms with E-state index in [1.807, 2.05) is 0 Å². The number of rotatable bonds is 8. The van der Waals surface area contributed by atoms with E-state index in [1.54, 1.807) is 37.3 Å². The maximum atomic E-state index is 12.7. The molecule has 0 spiro atoms. The van der Waals surface area contributed by atoms with Crippen molar-refractivity contribution in [3.63, 3.8) is 0 Å². The van der Waals surface area contributed by atoms with Gasteiger partial charge in [0.15, 0.2) is 0 Å². The van der Waals surface area contributed by atoms with Crippen LogP contribution in [0.3, 0.4) is 0 Å². The summed E-state index contributed by atoms with van der Waals surface area (Å²) in [5, 5.41) is 14.8. The Kier molecular flexibility index (Phi) is 7.76. The Hall–Kier alpha value is -3.59. The molecule has 30 heavy (non-hydrogen) atoms. The molecule has 0 fully saturated rings. The molecule has 2 amide bonds. The molecule has 2 aromatic rings.